The molecule has 0 atom stereocenters. The largest absolute Gasteiger partial charge is 0.342 e. The lowest BCUT2D eigenvalue weighted by Gasteiger charge is -2.32. The van der Waals surface area contributed by atoms with Gasteiger partial charge in [-0.15, -0.1) is 0 Å². The molecule has 1 aromatic heterocycles. The highest BCUT2D eigenvalue weighted by Gasteiger charge is 2.34. The topological polar surface area (TPSA) is 38.1 Å². The molecule has 1 aliphatic carbocycles. The number of benzene rings is 1. The Balaban J connectivity index is 1.38. The number of aromatic nitrogens is 2. The number of carbonyl (C=O) groups excluding carboxylic acids is 1. The van der Waals surface area contributed by atoms with E-state index >= 15 is 0 Å². The van der Waals surface area contributed by atoms with Crippen LogP contribution in [0.3, 0.4) is 0 Å². The molecule has 1 saturated heterocycles. The molecule has 120 valence electrons. The van der Waals surface area contributed by atoms with Gasteiger partial charge in [0.25, 0.3) is 0 Å². The van der Waals surface area contributed by atoms with Crippen LogP contribution in [0.1, 0.15) is 25.7 Å². The number of imidazole rings is 1. The molecule has 1 aliphatic heterocycles. The molecule has 2 aromatic rings. The van der Waals surface area contributed by atoms with E-state index in [9.17, 15) is 4.79 Å². The fraction of sp³-hybridized carbons (Fsp3) is 0.474. The third-order valence-electron chi connectivity index (χ3n) is 5.06. The summed E-state index contributed by atoms with van der Waals surface area (Å²) in [6.07, 6.45) is 8.37. The predicted molar refractivity (Wildman–Crippen MR) is 89.7 cm³/mol. The van der Waals surface area contributed by atoms with Crippen molar-refractivity contribution in [2.75, 3.05) is 13.1 Å². The minimum atomic E-state index is 0.352. The van der Waals surface area contributed by atoms with Crippen LogP contribution in [-0.2, 0) is 11.3 Å². The molecule has 1 aromatic carbocycles. The zero-order valence-corrected chi connectivity index (χ0v) is 13.4. The van der Waals surface area contributed by atoms with Gasteiger partial charge in [0.1, 0.15) is 5.82 Å². The van der Waals surface area contributed by atoms with Crippen molar-refractivity contribution in [1.29, 1.82) is 0 Å². The molecular weight excluding hydrogens is 286 g/mol. The minimum absolute atomic E-state index is 0.352. The monoisotopic (exact) mass is 309 g/mol. The number of rotatable bonds is 4. The Labute approximate surface area is 137 Å². The first-order valence-electron chi connectivity index (χ1n) is 8.66. The lowest BCUT2D eigenvalue weighted by Crippen LogP contribution is -2.40. The summed E-state index contributed by atoms with van der Waals surface area (Å²) in [5, 5.41) is 0. The Morgan fingerprint density at radius 1 is 1.09 bits per heavy atom. The minimum Gasteiger partial charge on any atom is -0.342 e. The van der Waals surface area contributed by atoms with Crippen molar-refractivity contribution >= 4 is 5.91 Å². The van der Waals surface area contributed by atoms with Crippen molar-refractivity contribution in [2.24, 2.45) is 11.8 Å². The maximum atomic E-state index is 12.1. The molecule has 0 unspecified atom stereocenters. The number of hydrogen-bond donors (Lipinski definition) is 0. The SMILES string of the molecule is O=C(C1CC1)N1CCC(Cn2ccnc2-c2ccccc2)CC1. The summed E-state index contributed by atoms with van der Waals surface area (Å²) in [6, 6.07) is 10.3. The van der Waals surface area contributed by atoms with Gasteiger partial charge < -0.3 is 9.47 Å². The average molecular weight is 309 g/mol. The van der Waals surface area contributed by atoms with Gasteiger partial charge in [0.05, 0.1) is 0 Å². The van der Waals surface area contributed by atoms with Gasteiger partial charge in [-0.3, -0.25) is 4.79 Å². The van der Waals surface area contributed by atoms with Crippen molar-refractivity contribution in [3.63, 3.8) is 0 Å². The summed E-state index contributed by atoms with van der Waals surface area (Å²) < 4.78 is 2.26. The Morgan fingerprint density at radius 2 is 1.83 bits per heavy atom. The third-order valence-corrected chi connectivity index (χ3v) is 5.06. The van der Waals surface area contributed by atoms with Crippen LogP contribution >= 0.6 is 0 Å². The standard InChI is InChI=1S/C19H23N3O/c23-19(17-6-7-17)21-11-8-15(9-12-21)14-22-13-10-20-18(22)16-4-2-1-3-5-16/h1-5,10,13,15,17H,6-9,11-12,14H2. The van der Waals surface area contributed by atoms with Crippen molar-refractivity contribution < 1.29 is 4.79 Å². The third kappa shape index (κ3) is 3.16. The molecule has 0 N–H and O–H groups in total. The first-order chi connectivity index (χ1) is 11.3. The number of nitrogens with zero attached hydrogens (tertiary/aromatic N) is 3. The molecule has 1 amide bonds. The highest BCUT2D eigenvalue weighted by atomic mass is 16.2. The average Bonchev–Trinajstić information content (AvgIpc) is 3.35. The second-order valence-corrected chi connectivity index (χ2v) is 6.81. The van der Waals surface area contributed by atoms with E-state index in [-0.39, 0.29) is 0 Å². The molecule has 2 aliphatic rings. The molecule has 23 heavy (non-hydrogen) atoms. The van der Waals surface area contributed by atoms with Gasteiger partial charge in [-0.2, -0.15) is 0 Å². The number of likely N-dealkylation sites (tertiary alicyclic amines) is 1. The van der Waals surface area contributed by atoms with Gasteiger partial charge in [0.15, 0.2) is 0 Å². The van der Waals surface area contributed by atoms with E-state index in [2.05, 4.69) is 44.9 Å². The van der Waals surface area contributed by atoms with E-state index in [0.29, 0.717) is 17.7 Å². The van der Waals surface area contributed by atoms with Gasteiger partial charge >= 0.3 is 0 Å². The first-order valence-corrected chi connectivity index (χ1v) is 8.66. The molecule has 0 bridgehead atoms. The highest BCUT2D eigenvalue weighted by Crippen LogP contribution is 2.32. The van der Waals surface area contributed by atoms with Crippen LogP contribution in [0.5, 0.6) is 0 Å². The van der Waals surface area contributed by atoms with E-state index in [1.165, 1.54) is 5.56 Å². The van der Waals surface area contributed by atoms with Gasteiger partial charge in [-0.25, -0.2) is 4.98 Å². The Morgan fingerprint density at radius 3 is 2.52 bits per heavy atom. The molecule has 0 radical (unpaired) electrons. The lowest BCUT2D eigenvalue weighted by atomic mass is 9.96. The van der Waals surface area contributed by atoms with Crippen molar-refractivity contribution in [1.82, 2.24) is 14.5 Å². The van der Waals surface area contributed by atoms with E-state index in [4.69, 9.17) is 0 Å². The molecule has 4 nitrogen and oxygen atoms in total. The second kappa shape index (κ2) is 6.19. The molecule has 0 spiro atoms. The second-order valence-electron chi connectivity index (χ2n) is 6.81. The van der Waals surface area contributed by atoms with Crippen LogP contribution in [0.2, 0.25) is 0 Å². The van der Waals surface area contributed by atoms with E-state index in [1.807, 2.05) is 12.3 Å². The molecule has 4 rings (SSSR count). The first kappa shape index (κ1) is 14.5. The van der Waals surface area contributed by atoms with E-state index < -0.39 is 0 Å². The van der Waals surface area contributed by atoms with Crippen molar-refractivity contribution in [3.05, 3.63) is 42.7 Å². The maximum Gasteiger partial charge on any atom is 0.225 e. The van der Waals surface area contributed by atoms with Crippen LogP contribution in [-0.4, -0.2) is 33.4 Å². The summed E-state index contributed by atoms with van der Waals surface area (Å²) in [5.74, 6) is 2.43. The van der Waals surface area contributed by atoms with Gasteiger partial charge in [-0.1, -0.05) is 30.3 Å². The van der Waals surface area contributed by atoms with Crippen LogP contribution in [0.15, 0.2) is 42.7 Å². The van der Waals surface area contributed by atoms with E-state index in [0.717, 1.165) is 51.1 Å². The molecule has 2 fully saturated rings. The van der Waals surface area contributed by atoms with Crippen LogP contribution < -0.4 is 0 Å². The normalized spacial score (nSPS) is 19.0. The van der Waals surface area contributed by atoms with Crippen LogP contribution in [0, 0.1) is 11.8 Å². The van der Waals surface area contributed by atoms with Gasteiger partial charge in [0.2, 0.25) is 5.91 Å². The maximum absolute atomic E-state index is 12.1. The molecular formula is C19H23N3O. The Hall–Kier alpha value is -2.10. The molecule has 4 heteroatoms. The fourth-order valence-electron chi connectivity index (χ4n) is 3.51. The van der Waals surface area contributed by atoms with Gasteiger partial charge in [0, 0.05) is 43.5 Å². The number of hydrogen-bond acceptors (Lipinski definition) is 2. The summed E-state index contributed by atoms with van der Waals surface area (Å²) in [6.45, 7) is 2.85. The quantitative estimate of drug-likeness (QED) is 0.870. The number of amides is 1. The summed E-state index contributed by atoms with van der Waals surface area (Å²) in [4.78, 5) is 18.7. The highest BCUT2D eigenvalue weighted by molar-refractivity contribution is 5.81. The Bertz CT molecular complexity index is 667. The van der Waals surface area contributed by atoms with Crippen LogP contribution in [0.25, 0.3) is 11.4 Å². The zero-order chi connectivity index (χ0) is 15.6. The van der Waals surface area contributed by atoms with Gasteiger partial charge in [-0.05, 0) is 31.6 Å². The smallest absolute Gasteiger partial charge is 0.225 e. The summed E-state index contributed by atoms with van der Waals surface area (Å²) >= 11 is 0. The fourth-order valence-corrected chi connectivity index (χ4v) is 3.51. The lowest BCUT2D eigenvalue weighted by molar-refractivity contribution is -0.134. The zero-order valence-electron chi connectivity index (χ0n) is 13.4. The predicted octanol–water partition coefficient (Wildman–Crippen LogP) is 3.20. The van der Waals surface area contributed by atoms with Crippen LogP contribution in [0.4, 0.5) is 0 Å². The molecule has 2 heterocycles. The van der Waals surface area contributed by atoms with Crippen molar-refractivity contribution in [3.8, 4) is 11.4 Å². The number of carbonyl (C=O) groups is 1. The van der Waals surface area contributed by atoms with Crippen molar-refractivity contribution in [2.45, 2.75) is 32.2 Å². The Kier molecular flexibility index (Phi) is 3.90. The van der Waals surface area contributed by atoms with E-state index in [1.54, 1.807) is 0 Å². The molecule has 1 saturated carbocycles. The number of piperidine rings is 1. The summed E-state index contributed by atoms with van der Waals surface area (Å²) in [5.41, 5.74) is 1.17. The summed E-state index contributed by atoms with van der Waals surface area (Å²) in [7, 11) is 0.